The van der Waals surface area contributed by atoms with Crippen LogP contribution in [0, 0.1) is 0 Å². The van der Waals surface area contributed by atoms with E-state index in [2.05, 4.69) is 32.7 Å². The topological polar surface area (TPSA) is 64.7 Å². The molecule has 0 spiro atoms. The predicted molar refractivity (Wildman–Crippen MR) is 109 cm³/mol. The molecule has 2 aromatic heterocycles. The number of halogens is 1. The van der Waals surface area contributed by atoms with Crippen LogP contribution in [0.3, 0.4) is 0 Å². The van der Waals surface area contributed by atoms with E-state index in [4.69, 9.17) is 11.6 Å². The van der Waals surface area contributed by atoms with E-state index in [-0.39, 0.29) is 11.7 Å². The first kappa shape index (κ1) is 19.3. The molecule has 0 saturated heterocycles. The van der Waals surface area contributed by atoms with Crippen LogP contribution in [0.5, 0.6) is 0 Å². The molecular weight excluding hydrogens is 382 g/mol. The van der Waals surface area contributed by atoms with Crippen LogP contribution in [0.2, 0.25) is 5.02 Å². The number of amides is 1. The van der Waals surface area contributed by atoms with E-state index in [9.17, 15) is 4.79 Å². The number of aromatic nitrogens is 4. The van der Waals surface area contributed by atoms with Gasteiger partial charge in [-0.05, 0) is 24.3 Å². The quantitative estimate of drug-likeness (QED) is 0.461. The molecule has 0 saturated carbocycles. The summed E-state index contributed by atoms with van der Waals surface area (Å²) in [6, 6.07) is 11.2. The fourth-order valence-corrected chi connectivity index (χ4v) is 3.54. The van der Waals surface area contributed by atoms with Crippen LogP contribution in [-0.2, 0) is 24.8 Å². The molecule has 3 aromatic rings. The molecule has 1 amide bonds. The minimum absolute atomic E-state index is 0.148. The molecule has 0 aliphatic rings. The van der Waals surface area contributed by atoms with E-state index in [1.165, 1.54) is 11.8 Å². The standard InChI is InChI=1S/C19H20ClN5OS/c1-3-10-25-17(12-14-7-6-11-24(14)2)22-23-19(25)27-13-18(26)21-16-9-5-4-8-15(16)20/h3-9,11H,1,10,12-13H2,2H3,(H,21,26). The summed E-state index contributed by atoms with van der Waals surface area (Å²) in [6.07, 6.45) is 4.46. The molecule has 0 bridgehead atoms. The molecule has 6 nitrogen and oxygen atoms in total. The van der Waals surface area contributed by atoms with Gasteiger partial charge in [0, 0.05) is 31.9 Å². The highest BCUT2D eigenvalue weighted by molar-refractivity contribution is 7.99. The number of allylic oxidation sites excluding steroid dienone is 1. The normalized spacial score (nSPS) is 10.7. The van der Waals surface area contributed by atoms with Crippen molar-refractivity contribution in [2.45, 2.75) is 18.1 Å². The molecule has 0 unspecified atom stereocenters. The van der Waals surface area contributed by atoms with Crippen LogP contribution in [0.15, 0.2) is 60.4 Å². The molecule has 0 radical (unpaired) electrons. The lowest BCUT2D eigenvalue weighted by Crippen LogP contribution is -2.15. The Hall–Kier alpha value is -2.51. The van der Waals surface area contributed by atoms with Crippen molar-refractivity contribution in [1.82, 2.24) is 19.3 Å². The van der Waals surface area contributed by atoms with E-state index in [0.29, 0.717) is 28.8 Å². The number of anilines is 1. The third-order valence-electron chi connectivity index (χ3n) is 3.98. The Labute approximate surface area is 167 Å². The largest absolute Gasteiger partial charge is 0.354 e. The van der Waals surface area contributed by atoms with Gasteiger partial charge in [0.25, 0.3) is 0 Å². The number of nitrogens with one attached hydrogen (secondary N) is 1. The van der Waals surface area contributed by atoms with Gasteiger partial charge in [-0.25, -0.2) is 0 Å². The summed E-state index contributed by atoms with van der Waals surface area (Å²) >= 11 is 7.41. The van der Waals surface area contributed by atoms with Gasteiger partial charge in [-0.1, -0.05) is 41.6 Å². The molecule has 3 rings (SSSR count). The second kappa shape index (κ2) is 8.92. The van der Waals surface area contributed by atoms with Gasteiger partial charge in [0.1, 0.15) is 5.82 Å². The predicted octanol–water partition coefficient (Wildman–Crippen LogP) is 3.78. The highest BCUT2D eigenvalue weighted by Crippen LogP contribution is 2.22. The third-order valence-corrected chi connectivity index (χ3v) is 5.27. The maximum atomic E-state index is 12.2. The number of nitrogens with zero attached hydrogens (tertiary/aromatic N) is 4. The summed E-state index contributed by atoms with van der Waals surface area (Å²) in [5.41, 5.74) is 1.74. The lowest BCUT2D eigenvalue weighted by molar-refractivity contribution is -0.113. The first-order valence-corrected chi connectivity index (χ1v) is 9.75. The molecule has 8 heteroatoms. The van der Waals surface area contributed by atoms with Crippen molar-refractivity contribution in [2.75, 3.05) is 11.1 Å². The smallest absolute Gasteiger partial charge is 0.234 e. The Morgan fingerprint density at radius 2 is 2.11 bits per heavy atom. The molecule has 0 fully saturated rings. The van der Waals surface area contributed by atoms with Gasteiger partial charge < -0.3 is 14.5 Å². The molecule has 1 aromatic carbocycles. The van der Waals surface area contributed by atoms with E-state index < -0.39 is 0 Å². The van der Waals surface area contributed by atoms with Gasteiger partial charge >= 0.3 is 0 Å². The minimum atomic E-state index is -0.148. The van der Waals surface area contributed by atoms with Gasteiger partial charge in [-0.3, -0.25) is 4.79 Å². The Morgan fingerprint density at radius 1 is 1.30 bits per heavy atom. The van der Waals surface area contributed by atoms with Gasteiger partial charge in [-0.15, -0.1) is 16.8 Å². The van der Waals surface area contributed by atoms with Gasteiger partial charge in [-0.2, -0.15) is 0 Å². The Morgan fingerprint density at radius 3 is 2.81 bits per heavy atom. The lowest BCUT2D eigenvalue weighted by atomic mass is 10.3. The van der Waals surface area contributed by atoms with Crippen molar-refractivity contribution in [1.29, 1.82) is 0 Å². The zero-order valence-corrected chi connectivity index (χ0v) is 16.5. The molecule has 140 valence electrons. The Kier molecular flexibility index (Phi) is 6.36. The second-order valence-corrected chi connectivity index (χ2v) is 7.25. The monoisotopic (exact) mass is 401 g/mol. The molecule has 2 heterocycles. The highest BCUT2D eigenvalue weighted by Gasteiger charge is 2.15. The SMILES string of the molecule is C=CCn1c(Cc2cccn2C)nnc1SCC(=O)Nc1ccccc1Cl. The molecular formula is C19H20ClN5OS. The fourth-order valence-electron chi connectivity index (χ4n) is 2.59. The molecule has 1 N–H and O–H groups in total. The van der Waals surface area contributed by atoms with E-state index in [1.54, 1.807) is 18.2 Å². The van der Waals surface area contributed by atoms with Crippen LogP contribution < -0.4 is 5.32 Å². The zero-order chi connectivity index (χ0) is 19.2. The first-order valence-electron chi connectivity index (χ1n) is 8.39. The molecule has 0 aliphatic heterocycles. The average Bonchev–Trinajstić information content (AvgIpc) is 3.23. The van der Waals surface area contributed by atoms with Crippen LogP contribution in [0.25, 0.3) is 0 Å². The van der Waals surface area contributed by atoms with E-state index in [1.807, 2.05) is 36.0 Å². The van der Waals surface area contributed by atoms with Crippen LogP contribution in [0.4, 0.5) is 5.69 Å². The third kappa shape index (κ3) is 4.81. The van der Waals surface area contributed by atoms with Crippen molar-refractivity contribution in [3.05, 3.63) is 71.8 Å². The average molecular weight is 402 g/mol. The fraction of sp³-hybridized carbons (Fsp3) is 0.211. The second-order valence-electron chi connectivity index (χ2n) is 5.90. The van der Waals surface area contributed by atoms with Crippen molar-refractivity contribution >= 4 is 35.0 Å². The number of aryl methyl sites for hydroxylation is 1. The molecule has 0 aliphatic carbocycles. The summed E-state index contributed by atoms with van der Waals surface area (Å²) in [7, 11) is 2.00. The van der Waals surface area contributed by atoms with Gasteiger partial charge in [0.05, 0.1) is 16.5 Å². The number of hydrogen-bond acceptors (Lipinski definition) is 4. The van der Waals surface area contributed by atoms with Crippen LogP contribution in [0.1, 0.15) is 11.5 Å². The van der Waals surface area contributed by atoms with Crippen molar-refractivity contribution < 1.29 is 4.79 Å². The van der Waals surface area contributed by atoms with Crippen LogP contribution in [-0.4, -0.2) is 31.0 Å². The number of carbonyl (C=O) groups is 1. The maximum absolute atomic E-state index is 12.2. The number of rotatable bonds is 8. The first-order chi connectivity index (χ1) is 13.1. The number of carbonyl (C=O) groups excluding carboxylic acids is 1. The molecule has 0 atom stereocenters. The van der Waals surface area contributed by atoms with Crippen molar-refractivity contribution in [2.24, 2.45) is 7.05 Å². The summed E-state index contributed by atoms with van der Waals surface area (Å²) in [6.45, 7) is 4.39. The minimum Gasteiger partial charge on any atom is -0.354 e. The summed E-state index contributed by atoms with van der Waals surface area (Å²) in [4.78, 5) is 12.2. The van der Waals surface area contributed by atoms with Gasteiger partial charge in [0.2, 0.25) is 5.91 Å². The van der Waals surface area contributed by atoms with E-state index >= 15 is 0 Å². The number of para-hydroxylation sites is 1. The molecule has 27 heavy (non-hydrogen) atoms. The Balaban J connectivity index is 1.67. The summed E-state index contributed by atoms with van der Waals surface area (Å²) in [5.74, 6) is 0.904. The lowest BCUT2D eigenvalue weighted by Gasteiger charge is -2.09. The van der Waals surface area contributed by atoms with Crippen molar-refractivity contribution in [3.63, 3.8) is 0 Å². The summed E-state index contributed by atoms with van der Waals surface area (Å²) < 4.78 is 4.03. The zero-order valence-electron chi connectivity index (χ0n) is 14.9. The number of benzene rings is 1. The maximum Gasteiger partial charge on any atom is 0.234 e. The van der Waals surface area contributed by atoms with Crippen molar-refractivity contribution in [3.8, 4) is 0 Å². The van der Waals surface area contributed by atoms with Crippen LogP contribution >= 0.6 is 23.4 Å². The number of thioether (sulfide) groups is 1. The Bertz CT molecular complexity index is 949. The van der Waals surface area contributed by atoms with E-state index in [0.717, 1.165) is 11.5 Å². The summed E-state index contributed by atoms with van der Waals surface area (Å²) in [5, 5.41) is 12.6. The highest BCUT2D eigenvalue weighted by atomic mass is 35.5. The van der Waals surface area contributed by atoms with Gasteiger partial charge in [0.15, 0.2) is 5.16 Å². The number of hydrogen-bond donors (Lipinski definition) is 1.